The van der Waals surface area contributed by atoms with E-state index in [1.807, 2.05) is 19.1 Å². The van der Waals surface area contributed by atoms with Gasteiger partial charge in [0.25, 0.3) is 5.56 Å². The number of pyridine rings is 2. The number of benzene rings is 1. The summed E-state index contributed by atoms with van der Waals surface area (Å²) in [5.41, 5.74) is 3.08. The first kappa shape index (κ1) is 21.7. The highest BCUT2D eigenvalue weighted by molar-refractivity contribution is 7.98. The molecule has 1 aromatic carbocycles. The number of likely N-dealkylation sites (tertiary alicyclic amines) is 1. The van der Waals surface area contributed by atoms with Crippen molar-refractivity contribution in [2.24, 2.45) is 0 Å². The zero-order valence-electron chi connectivity index (χ0n) is 18.1. The van der Waals surface area contributed by atoms with Crippen molar-refractivity contribution in [3.05, 3.63) is 87.6 Å². The van der Waals surface area contributed by atoms with Gasteiger partial charge in [0.2, 0.25) is 0 Å². The molecule has 3 heterocycles. The molecular weight excluding hydrogens is 406 g/mol. The van der Waals surface area contributed by atoms with Gasteiger partial charge in [-0.25, -0.2) is 0 Å². The minimum absolute atomic E-state index is 0.0782. The van der Waals surface area contributed by atoms with Crippen LogP contribution in [0.3, 0.4) is 0 Å². The van der Waals surface area contributed by atoms with Crippen molar-refractivity contribution in [1.82, 2.24) is 14.5 Å². The number of hydrogen-bond donors (Lipinski definition) is 1. The molecule has 1 fully saturated rings. The van der Waals surface area contributed by atoms with E-state index < -0.39 is 0 Å². The van der Waals surface area contributed by atoms with Crippen molar-refractivity contribution in [2.75, 3.05) is 19.3 Å². The van der Waals surface area contributed by atoms with E-state index in [0.29, 0.717) is 12.1 Å². The lowest BCUT2D eigenvalue weighted by molar-refractivity contribution is 0.183. The van der Waals surface area contributed by atoms with Gasteiger partial charge in [-0.1, -0.05) is 24.6 Å². The molecule has 3 aromatic rings. The second-order valence-electron chi connectivity index (χ2n) is 8.11. The van der Waals surface area contributed by atoms with E-state index in [4.69, 9.17) is 0 Å². The fraction of sp³-hybridized carbons (Fsp3) is 0.360. The minimum Gasteiger partial charge on any atom is -0.507 e. The SMILES string of the molecule is CSc1ccc(C(c2c(O)cc(C)n(Cc3cccnc3)c2=O)N2CCCCC2)cc1. The molecule has 1 aliphatic heterocycles. The largest absolute Gasteiger partial charge is 0.507 e. The van der Waals surface area contributed by atoms with E-state index in [0.717, 1.165) is 42.8 Å². The fourth-order valence-corrected chi connectivity index (χ4v) is 4.83. The molecule has 0 bridgehead atoms. The van der Waals surface area contributed by atoms with E-state index >= 15 is 0 Å². The summed E-state index contributed by atoms with van der Waals surface area (Å²) in [5.74, 6) is 0.0782. The van der Waals surface area contributed by atoms with Crippen molar-refractivity contribution in [1.29, 1.82) is 0 Å². The van der Waals surface area contributed by atoms with E-state index in [9.17, 15) is 9.90 Å². The summed E-state index contributed by atoms with van der Waals surface area (Å²) in [6.07, 6.45) is 8.99. The van der Waals surface area contributed by atoms with E-state index in [-0.39, 0.29) is 17.4 Å². The molecule has 6 heteroatoms. The van der Waals surface area contributed by atoms with Gasteiger partial charge < -0.3 is 9.67 Å². The van der Waals surface area contributed by atoms with Gasteiger partial charge in [-0.05, 0) is 74.5 Å². The summed E-state index contributed by atoms with van der Waals surface area (Å²) in [6.45, 7) is 4.14. The average molecular weight is 436 g/mol. The van der Waals surface area contributed by atoms with Crippen molar-refractivity contribution in [2.45, 2.75) is 43.7 Å². The maximum Gasteiger partial charge on any atom is 0.259 e. The molecular formula is C25H29N3O2S. The maximum absolute atomic E-state index is 13.7. The normalized spacial score (nSPS) is 15.7. The molecule has 2 aromatic heterocycles. The Kier molecular flexibility index (Phi) is 6.78. The Labute approximate surface area is 187 Å². The molecule has 31 heavy (non-hydrogen) atoms. The summed E-state index contributed by atoms with van der Waals surface area (Å²) in [7, 11) is 0. The summed E-state index contributed by atoms with van der Waals surface area (Å²) < 4.78 is 1.75. The number of piperidine rings is 1. The second-order valence-corrected chi connectivity index (χ2v) is 8.99. The molecule has 0 aliphatic carbocycles. The predicted octanol–water partition coefficient (Wildman–Crippen LogP) is 4.60. The number of aryl methyl sites for hydroxylation is 1. The number of hydrogen-bond acceptors (Lipinski definition) is 5. The van der Waals surface area contributed by atoms with Gasteiger partial charge in [0.05, 0.1) is 18.2 Å². The van der Waals surface area contributed by atoms with Gasteiger partial charge in [0.15, 0.2) is 0 Å². The standard InChI is InChI=1S/C25H29N3O2S/c1-18-15-22(29)23(25(30)28(18)17-19-7-6-12-26-16-19)24(27-13-4-3-5-14-27)20-8-10-21(31-2)11-9-20/h6-12,15-16,24,29H,3-5,13-14,17H2,1-2H3. The lowest BCUT2D eigenvalue weighted by Gasteiger charge is -2.35. The third kappa shape index (κ3) is 4.70. The van der Waals surface area contributed by atoms with Gasteiger partial charge in [-0.3, -0.25) is 14.7 Å². The summed E-state index contributed by atoms with van der Waals surface area (Å²) >= 11 is 1.70. The molecule has 0 spiro atoms. The molecule has 1 N–H and O–H groups in total. The number of aromatic hydroxyl groups is 1. The summed E-state index contributed by atoms with van der Waals surface area (Å²) in [6, 6.07) is 13.7. The van der Waals surface area contributed by atoms with Crippen molar-refractivity contribution >= 4 is 11.8 Å². The highest BCUT2D eigenvalue weighted by Crippen LogP contribution is 2.35. The zero-order chi connectivity index (χ0) is 21.8. The van der Waals surface area contributed by atoms with Crippen LogP contribution >= 0.6 is 11.8 Å². The number of thioether (sulfide) groups is 1. The van der Waals surface area contributed by atoms with Gasteiger partial charge in [-0.15, -0.1) is 11.8 Å². The molecule has 0 radical (unpaired) electrons. The molecule has 5 nitrogen and oxygen atoms in total. The molecule has 1 saturated heterocycles. The van der Waals surface area contributed by atoms with Crippen LogP contribution in [0.1, 0.15) is 47.7 Å². The van der Waals surface area contributed by atoms with Crippen LogP contribution in [-0.2, 0) is 6.54 Å². The van der Waals surface area contributed by atoms with Crippen LogP contribution in [0.15, 0.2) is 64.5 Å². The Morgan fingerprint density at radius 2 is 1.87 bits per heavy atom. The second kappa shape index (κ2) is 9.71. The van der Waals surface area contributed by atoms with E-state index in [2.05, 4.69) is 40.4 Å². The quantitative estimate of drug-likeness (QED) is 0.574. The summed E-state index contributed by atoms with van der Waals surface area (Å²) in [4.78, 5) is 21.5. The smallest absolute Gasteiger partial charge is 0.259 e. The molecule has 4 rings (SSSR count). The Balaban J connectivity index is 1.83. The predicted molar refractivity (Wildman–Crippen MR) is 126 cm³/mol. The highest BCUT2D eigenvalue weighted by atomic mass is 32.2. The Bertz CT molecular complexity index is 1070. The molecule has 0 saturated carbocycles. The van der Waals surface area contributed by atoms with Crippen LogP contribution in [0.25, 0.3) is 0 Å². The topological polar surface area (TPSA) is 58.4 Å². The van der Waals surface area contributed by atoms with Crippen molar-refractivity contribution < 1.29 is 5.11 Å². The van der Waals surface area contributed by atoms with Crippen molar-refractivity contribution in [3.8, 4) is 5.75 Å². The van der Waals surface area contributed by atoms with Crippen LogP contribution in [-0.4, -0.2) is 38.9 Å². The minimum atomic E-state index is -0.260. The first-order valence-electron chi connectivity index (χ1n) is 10.8. The molecule has 0 amide bonds. The molecule has 1 atom stereocenters. The maximum atomic E-state index is 13.7. The van der Waals surface area contributed by atoms with Crippen molar-refractivity contribution in [3.63, 3.8) is 0 Å². The number of rotatable bonds is 6. The van der Waals surface area contributed by atoms with Gasteiger partial charge in [-0.2, -0.15) is 0 Å². The van der Waals surface area contributed by atoms with Crippen LogP contribution in [0.2, 0.25) is 0 Å². The first-order chi connectivity index (χ1) is 15.1. The number of aromatic nitrogens is 2. The third-order valence-corrected chi connectivity index (χ3v) is 6.79. The Morgan fingerprint density at radius 3 is 2.52 bits per heavy atom. The molecule has 162 valence electrons. The van der Waals surface area contributed by atoms with Gasteiger partial charge in [0, 0.05) is 23.0 Å². The third-order valence-electron chi connectivity index (χ3n) is 6.05. The van der Waals surface area contributed by atoms with E-state index in [1.165, 1.54) is 11.3 Å². The Hall–Kier alpha value is -2.57. The Morgan fingerprint density at radius 1 is 1.13 bits per heavy atom. The van der Waals surface area contributed by atoms with Crippen LogP contribution in [0, 0.1) is 6.92 Å². The van der Waals surface area contributed by atoms with Crippen LogP contribution in [0.4, 0.5) is 0 Å². The van der Waals surface area contributed by atoms with Crippen LogP contribution in [0.5, 0.6) is 5.75 Å². The monoisotopic (exact) mass is 435 g/mol. The first-order valence-corrected chi connectivity index (χ1v) is 12.0. The average Bonchev–Trinajstić information content (AvgIpc) is 2.81. The fourth-order valence-electron chi connectivity index (χ4n) is 4.42. The molecule has 1 aliphatic rings. The highest BCUT2D eigenvalue weighted by Gasteiger charge is 2.30. The van der Waals surface area contributed by atoms with Gasteiger partial charge in [0.1, 0.15) is 5.75 Å². The number of nitrogens with zero attached hydrogens (tertiary/aromatic N) is 3. The molecule has 1 unspecified atom stereocenters. The van der Waals surface area contributed by atoms with Gasteiger partial charge >= 0.3 is 0 Å². The van der Waals surface area contributed by atoms with Crippen LogP contribution < -0.4 is 5.56 Å². The lowest BCUT2D eigenvalue weighted by Crippen LogP contribution is -2.38. The zero-order valence-corrected chi connectivity index (χ0v) is 18.9. The lowest BCUT2D eigenvalue weighted by atomic mass is 9.94. The summed E-state index contributed by atoms with van der Waals surface area (Å²) in [5, 5.41) is 11.0. The van der Waals surface area contributed by atoms with E-state index in [1.54, 1.807) is 34.8 Å².